The third-order valence-corrected chi connectivity index (χ3v) is 6.17. The van der Waals surface area contributed by atoms with E-state index in [-0.39, 0.29) is 17.6 Å². The van der Waals surface area contributed by atoms with Gasteiger partial charge in [0.05, 0.1) is 17.3 Å². The highest BCUT2D eigenvalue weighted by Crippen LogP contribution is 2.42. The number of rotatable bonds is 5. The van der Waals surface area contributed by atoms with Gasteiger partial charge in [-0.25, -0.2) is 4.79 Å². The molecule has 1 aliphatic heterocycles. The van der Waals surface area contributed by atoms with E-state index >= 15 is 0 Å². The lowest BCUT2D eigenvalue weighted by molar-refractivity contribution is 0.0697. The average Bonchev–Trinajstić information content (AvgIpc) is 3.44. The second-order valence-electron chi connectivity index (χ2n) is 7.99. The van der Waals surface area contributed by atoms with Gasteiger partial charge in [0.2, 0.25) is 0 Å². The SMILES string of the molecule is Cc1cccc(N2C(=S)N[C@H](c3ccccn3)[C@@H]2c2cccn2-c2ccc(C(=O)O)cc2)c1. The molecule has 33 heavy (non-hydrogen) atoms. The number of carboxylic acids is 1. The minimum atomic E-state index is -0.944. The van der Waals surface area contributed by atoms with E-state index in [1.807, 2.05) is 48.7 Å². The smallest absolute Gasteiger partial charge is 0.335 e. The molecule has 164 valence electrons. The Bertz CT molecular complexity index is 1320. The molecule has 2 N–H and O–H groups in total. The number of hydrogen-bond acceptors (Lipinski definition) is 3. The van der Waals surface area contributed by atoms with Gasteiger partial charge in [0, 0.05) is 29.5 Å². The Morgan fingerprint density at radius 3 is 2.52 bits per heavy atom. The molecule has 1 aliphatic rings. The first-order chi connectivity index (χ1) is 16.0. The van der Waals surface area contributed by atoms with Gasteiger partial charge in [-0.15, -0.1) is 0 Å². The van der Waals surface area contributed by atoms with Gasteiger partial charge in [-0.1, -0.05) is 18.2 Å². The summed E-state index contributed by atoms with van der Waals surface area (Å²) in [5, 5.41) is 13.4. The third kappa shape index (κ3) is 3.87. The largest absolute Gasteiger partial charge is 0.478 e. The molecule has 2 atom stereocenters. The zero-order chi connectivity index (χ0) is 22.9. The van der Waals surface area contributed by atoms with E-state index in [1.165, 1.54) is 0 Å². The molecule has 1 fully saturated rings. The number of thiocarbonyl (C=S) groups is 1. The van der Waals surface area contributed by atoms with Crippen LogP contribution in [0.2, 0.25) is 0 Å². The third-order valence-electron chi connectivity index (χ3n) is 5.85. The monoisotopic (exact) mass is 454 g/mol. The zero-order valence-corrected chi connectivity index (χ0v) is 18.7. The molecule has 0 saturated carbocycles. The molecular formula is C26H22N4O2S. The summed E-state index contributed by atoms with van der Waals surface area (Å²) >= 11 is 5.81. The van der Waals surface area contributed by atoms with Crippen molar-refractivity contribution in [1.29, 1.82) is 0 Å². The highest BCUT2D eigenvalue weighted by molar-refractivity contribution is 7.80. The fourth-order valence-electron chi connectivity index (χ4n) is 4.35. The van der Waals surface area contributed by atoms with E-state index in [9.17, 15) is 9.90 Å². The summed E-state index contributed by atoms with van der Waals surface area (Å²) in [6, 6.07) is 24.8. The van der Waals surface area contributed by atoms with Crippen LogP contribution in [-0.4, -0.2) is 25.7 Å². The first kappa shape index (κ1) is 20.9. The van der Waals surface area contributed by atoms with Crippen LogP contribution in [0.5, 0.6) is 0 Å². The lowest BCUT2D eigenvalue weighted by Crippen LogP contribution is -2.30. The lowest BCUT2D eigenvalue weighted by atomic mass is 10.0. The molecule has 4 aromatic rings. The van der Waals surface area contributed by atoms with Crippen molar-refractivity contribution in [2.45, 2.75) is 19.0 Å². The fourth-order valence-corrected chi connectivity index (χ4v) is 4.69. The van der Waals surface area contributed by atoms with Crippen LogP contribution in [0.15, 0.2) is 91.3 Å². The highest BCUT2D eigenvalue weighted by Gasteiger charge is 2.42. The fraction of sp³-hybridized carbons (Fsp3) is 0.115. The molecule has 1 saturated heterocycles. The van der Waals surface area contributed by atoms with Gasteiger partial charge in [0.25, 0.3) is 0 Å². The van der Waals surface area contributed by atoms with Crippen LogP contribution in [0.1, 0.15) is 39.4 Å². The Morgan fingerprint density at radius 1 is 1.00 bits per heavy atom. The number of carbonyl (C=O) groups is 1. The van der Waals surface area contributed by atoms with Crippen molar-refractivity contribution in [2.75, 3.05) is 4.90 Å². The van der Waals surface area contributed by atoms with Crippen molar-refractivity contribution >= 4 is 29.0 Å². The maximum atomic E-state index is 11.3. The van der Waals surface area contributed by atoms with E-state index in [4.69, 9.17) is 12.2 Å². The van der Waals surface area contributed by atoms with Crippen molar-refractivity contribution in [3.8, 4) is 5.69 Å². The Kier molecular flexibility index (Phi) is 5.40. The number of hydrogen-bond donors (Lipinski definition) is 2. The first-order valence-corrected chi connectivity index (χ1v) is 11.0. The van der Waals surface area contributed by atoms with Crippen molar-refractivity contribution in [2.24, 2.45) is 0 Å². The summed E-state index contributed by atoms with van der Waals surface area (Å²) in [7, 11) is 0. The molecule has 0 radical (unpaired) electrons. The number of pyridine rings is 1. The van der Waals surface area contributed by atoms with E-state index in [1.54, 1.807) is 18.3 Å². The minimum Gasteiger partial charge on any atom is -0.478 e. The number of anilines is 1. The molecule has 0 spiro atoms. The lowest BCUT2D eigenvalue weighted by Gasteiger charge is -2.29. The Balaban J connectivity index is 1.64. The highest BCUT2D eigenvalue weighted by atomic mass is 32.1. The summed E-state index contributed by atoms with van der Waals surface area (Å²) in [6.07, 6.45) is 3.77. The number of benzene rings is 2. The molecule has 2 aromatic heterocycles. The summed E-state index contributed by atoms with van der Waals surface area (Å²) in [6.45, 7) is 2.06. The number of aryl methyl sites for hydroxylation is 1. The van der Waals surface area contributed by atoms with Crippen LogP contribution in [0.25, 0.3) is 5.69 Å². The quantitative estimate of drug-likeness (QED) is 0.411. The summed E-state index contributed by atoms with van der Waals surface area (Å²) < 4.78 is 2.07. The van der Waals surface area contributed by atoms with E-state index in [2.05, 4.69) is 51.0 Å². The van der Waals surface area contributed by atoms with E-state index in [0.29, 0.717) is 5.11 Å². The van der Waals surface area contributed by atoms with Crippen molar-refractivity contribution < 1.29 is 9.90 Å². The molecule has 0 unspecified atom stereocenters. The summed E-state index contributed by atoms with van der Waals surface area (Å²) in [5.74, 6) is -0.944. The number of aromatic carboxylic acids is 1. The maximum absolute atomic E-state index is 11.3. The van der Waals surface area contributed by atoms with Gasteiger partial charge in [-0.3, -0.25) is 4.98 Å². The zero-order valence-electron chi connectivity index (χ0n) is 17.9. The predicted octanol–water partition coefficient (Wildman–Crippen LogP) is 5.06. The van der Waals surface area contributed by atoms with Crippen molar-refractivity contribution in [3.63, 3.8) is 0 Å². The summed E-state index contributed by atoms with van der Waals surface area (Å²) in [4.78, 5) is 18.0. The second-order valence-corrected chi connectivity index (χ2v) is 8.38. The topological polar surface area (TPSA) is 70.4 Å². The standard InChI is InChI=1S/C26H22N4O2S/c1-17-6-4-7-20(16-17)30-24(23(28-26(30)33)21-8-2-3-14-27-21)22-9-5-15-29(22)19-12-10-18(11-13-19)25(31)32/h2-16,23-24H,1H3,(H,28,33)(H,31,32)/t23-,24+/m1/s1. The Labute approximate surface area is 197 Å². The minimum absolute atomic E-state index is 0.161. The predicted molar refractivity (Wildman–Crippen MR) is 132 cm³/mol. The van der Waals surface area contributed by atoms with Crippen molar-refractivity contribution in [3.05, 3.63) is 114 Å². The average molecular weight is 455 g/mol. The normalized spacial score (nSPS) is 17.7. The Morgan fingerprint density at radius 2 is 1.82 bits per heavy atom. The van der Waals surface area contributed by atoms with Gasteiger partial charge in [0.15, 0.2) is 5.11 Å². The van der Waals surface area contributed by atoms with Crippen LogP contribution < -0.4 is 10.2 Å². The van der Waals surface area contributed by atoms with Gasteiger partial charge < -0.3 is 19.9 Å². The van der Waals surface area contributed by atoms with Gasteiger partial charge in [0.1, 0.15) is 6.04 Å². The molecule has 7 heteroatoms. The second kappa shape index (κ2) is 8.52. The van der Waals surface area contributed by atoms with Crippen LogP contribution in [0, 0.1) is 6.92 Å². The maximum Gasteiger partial charge on any atom is 0.335 e. The number of nitrogens with zero attached hydrogens (tertiary/aromatic N) is 3. The van der Waals surface area contributed by atoms with E-state index in [0.717, 1.165) is 28.3 Å². The molecular weight excluding hydrogens is 432 g/mol. The number of nitrogens with one attached hydrogen (secondary N) is 1. The molecule has 0 amide bonds. The molecule has 0 bridgehead atoms. The van der Waals surface area contributed by atoms with Gasteiger partial charge in [-0.2, -0.15) is 0 Å². The molecule has 6 nitrogen and oxygen atoms in total. The molecule has 5 rings (SSSR count). The molecule has 2 aromatic carbocycles. The summed E-state index contributed by atoms with van der Waals surface area (Å²) in [5.41, 5.74) is 5.20. The van der Waals surface area contributed by atoms with Crippen LogP contribution in [-0.2, 0) is 0 Å². The number of carboxylic acid groups (broad SMARTS) is 1. The van der Waals surface area contributed by atoms with Gasteiger partial charge in [-0.05, 0) is 85.4 Å². The van der Waals surface area contributed by atoms with Gasteiger partial charge >= 0.3 is 5.97 Å². The van der Waals surface area contributed by atoms with Crippen LogP contribution in [0.3, 0.4) is 0 Å². The first-order valence-electron chi connectivity index (χ1n) is 10.6. The van der Waals surface area contributed by atoms with E-state index < -0.39 is 5.97 Å². The molecule has 3 heterocycles. The van der Waals surface area contributed by atoms with Crippen LogP contribution in [0.4, 0.5) is 5.69 Å². The molecule has 0 aliphatic carbocycles. The van der Waals surface area contributed by atoms with Crippen LogP contribution >= 0.6 is 12.2 Å². The number of aromatic nitrogens is 2. The van der Waals surface area contributed by atoms with Crippen molar-refractivity contribution in [1.82, 2.24) is 14.9 Å². The Hall–Kier alpha value is -3.97.